The molecule has 0 spiro atoms. The van der Waals surface area contributed by atoms with Crippen molar-refractivity contribution in [3.05, 3.63) is 28.2 Å². The molecule has 0 unspecified atom stereocenters. The number of nitrogens with one attached hydrogen (secondary N) is 1. The predicted octanol–water partition coefficient (Wildman–Crippen LogP) is 2.47. The first-order valence-corrected chi connectivity index (χ1v) is 7.45. The Morgan fingerprint density at radius 2 is 1.90 bits per heavy atom. The number of hydrogen-bond donors (Lipinski definition) is 1. The largest absolute Gasteiger partial charge is 0.484 e. The maximum absolute atomic E-state index is 12.1. The fraction of sp³-hybridized carbons (Fsp3) is 0.500. The van der Waals surface area contributed by atoms with E-state index in [9.17, 15) is 4.79 Å². The maximum Gasteiger partial charge on any atom is 0.260 e. The molecule has 1 N–H and O–H groups in total. The molecule has 1 aromatic rings. The van der Waals surface area contributed by atoms with Gasteiger partial charge < -0.3 is 15.0 Å². The van der Waals surface area contributed by atoms with E-state index < -0.39 is 0 Å². The Kier molecular flexibility index (Phi) is 5.60. The monoisotopic (exact) mass is 350 g/mol. The van der Waals surface area contributed by atoms with Crippen LogP contribution in [-0.4, -0.2) is 43.6 Å². The van der Waals surface area contributed by atoms with Gasteiger partial charge in [-0.25, -0.2) is 0 Å². The van der Waals surface area contributed by atoms with Gasteiger partial charge in [0.25, 0.3) is 5.91 Å². The highest BCUT2D eigenvalue weighted by Crippen LogP contribution is 2.28. The molecule has 2 saturated heterocycles. The summed E-state index contributed by atoms with van der Waals surface area (Å²) in [6.07, 6.45) is 0. The van der Waals surface area contributed by atoms with Crippen LogP contribution in [-0.2, 0) is 4.79 Å². The molecule has 0 aliphatic carbocycles. The summed E-state index contributed by atoms with van der Waals surface area (Å²) in [6.45, 7) is 3.75. The van der Waals surface area contributed by atoms with E-state index >= 15 is 0 Å². The number of likely N-dealkylation sites (tertiary alicyclic amines) is 1. The number of nitrogens with zero attached hydrogens (tertiary/aromatic N) is 1. The number of halogens is 3. The zero-order valence-electron chi connectivity index (χ0n) is 11.4. The molecule has 2 aliphatic heterocycles. The van der Waals surface area contributed by atoms with Gasteiger partial charge in [0.15, 0.2) is 6.61 Å². The molecule has 0 bridgehead atoms. The summed E-state index contributed by atoms with van der Waals surface area (Å²) in [5.41, 5.74) is 0. The highest BCUT2D eigenvalue weighted by molar-refractivity contribution is 6.42. The number of fused-ring (bicyclic) bond motifs is 1. The van der Waals surface area contributed by atoms with Crippen molar-refractivity contribution in [2.75, 3.05) is 32.8 Å². The van der Waals surface area contributed by atoms with E-state index in [-0.39, 0.29) is 24.9 Å². The van der Waals surface area contributed by atoms with Gasteiger partial charge in [-0.1, -0.05) is 23.2 Å². The molecular formula is C14H17Cl3N2O2. The average molecular weight is 352 g/mol. The molecule has 21 heavy (non-hydrogen) atoms. The summed E-state index contributed by atoms with van der Waals surface area (Å²) < 4.78 is 5.49. The minimum Gasteiger partial charge on any atom is -0.484 e. The highest BCUT2D eigenvalue weighted by atomic mass is 35.5. The van der Waals surface area contributed by atoms with Gasteiger partial charge in [-0.2, -0.15) is 0 Å². The third-order valence-electron chi connectivity index (χ3n) is 4.00. The minimum absolute atomic E-state index is 0. The molecule has 7 heteroatoms. The lowest BCUT2D eigenvalue weighted by molar-refractivity contribution is -0.132. The number of ether oxygens (including phenoxy) is 1. The van der Waals surface area contributed by atoms with Crippen LogP contribution in [0, 0.1) is 11.8 Å². The van der Waals surface area contributed by atoms with Gasteiger partial charge in [0, 0.05) is 32.2 Å². The Labute approximate surface area is 140 Å². The van der Waals surface area contributed by atoms with Gasteiger partial charge in [0.2, 0.25) is 0 Å². The molecule has 116 valence electrons. The summed E-state index contributed by atoms with van der Waals surface area (Å²) in [4.78, 5) is 14.0. The Hall–Kier alpha value is -0.680. The summed E-state index contributed by atoms with van der Waals surface area (Å²) in [5, 5.41) is 4.26. The predicted molar refractivity (Wildman–Crippen MR) is 85.6 cm³/mol. The van der Waals surface area contributed by atoms with Crippen LogP contribution in [0.4, 0.5) is 0 Å². The number of carbonyl (C=O) groups excluding carboxylic acids is 1. The van der Waals surface area contributed by atoms with Crippen LogP contribution in [0.1, 0.15) is 0 Å². The van der Waals surface area contributed by atoms with Crippen LogP contribution < -0.4 is 10.1 Å². The lowest BCUT2D eigenvalue weighted by Crippen LogP contribution is -2.35. The van der Waals surface area contributed by atoms with Crippen molar-refractivity contribution in [2.45, 2.75) is 0 Å². The zero-order valence-corrected chi connectivity index (χ0v) is 13.7. The SMILES string of the molecule is Cl.O=C(COc1ccc(Cl)c(Cl)c1)N1C[C@H]2CNC[C@H]2C1. The Balaban J connectivity index is 0.00000161. The molecule has 0 aromatic heterocycles. The summed E-state index contributed by atoms with van der Waals surface area (Å²) in [5.74, 6) is 1.80. The maximum atomic E-state index is 12.1. The van der Waals surface area contributed by atoms with Crippen LogP contribution in [0.25, 0.3) is 0 Å². The van der Waals surface area contributed by atoms with Gasteiger partial charge in [-0.15, -0.1) is 12.4 Å². The fourth-order valence-corrected chi connectivity index (χ4v) is 3.15. The lowest BCUT2D eigenvalue weighted by Gasteiger charge is -2.17. The molecule has 4 nitrogen and oxygen atoms in total. The van der Waals surface area contributed by atoms with Gasteiger partial charge in [-0.3, -0.25) is 4.79 Å². The second kappa shape index (κ2) is 7.05. The molecule has 0 radical (unpaired) electrons. The molecule has 0 saturated carbocycles. The fourth-order valence-electron chi connectivity index (χ4n) is 2.86. The van der Waals surface area contributed by atoms with Crippen molar-refractivity contribution in [3.63, 3.8) is 0 Å². The van der Waals surface area contributed by atoms with Crippen molar-refractivity contribution in [1.29, 1.82) is 0 Å². The van der Waals surface area contributed by atoms with Crippen molar-refractivity contribution in [1.82, 2.24) is 10.2 Å². The molecule has 2 atom stereocenters. The van der Waals surface area contributed by atoms with E-state index in [1.54, 1.807) is 18.2 Å². The average Bonchev–Trinajstić information content (AvgIpc) is 3.00. The first-order valence-electron chi connectivity index (χ1n) is 6.70. The summed E-state index contributed by atoms with van der Waals surface area (Å²) in [7, 11) is 0. The quantitative estimate of drug-likeness (QED) is 0.909. The van der Waals surface area contributed by atoms with Crippen molar-refractivity contribution >= 4 is 41.5 Å². The van der Waals surface area contributed by atoms with E-state index in [4.69, 9.17) is 27.9 Å². The second-order valence-corrected chi connectivity index (χ2v) is 6.16. The van der Waals surface area contributed by atoms with Crippen LogP contribution in [0.5, 0.6) is 5.75 Å². The number of benzene rings is 1. The molecular weight excluding hydrogens is 335 g/mol. The topological polar surface area (TPSA) is 41.6 Å². The van der Waals surface area contributed by atoms with Gasteiger partial charge in [0.05, 0.1) is 10.0 Å². The Morgan fingerprint density at radius 1 is 1.24 bits per heavy atom. The first kappa shape index (κ1) is 16.7. The standard InChI is InChI=1S/C14H16Cl2N2O2.ClH/c15-12-2-1-11(3-13(12)16)20-8-14(19)18-6-9-4-17-5-10(9)7-18;/h1-3,9-10,17H,4-8H2;1H/t9-,10+;. The zero-order chi connectivity index (χ0) is 14.1. The van der Waals surface area contributed by atoms with Gasteiger partial charge >= 0.3 is 0 Å². The Bertz CT molecular complexity index is 515. The van der Waals surface area contributed by atoms with Crippen molar-refractivity contribution < 1.29 is 9.53 Å². The normalized spacial score (nSPS) is 23.6. The highest BCUT2D eigenvalue weighted by Gasteiger charge is 2.37. The van der Waals surface area contributed by atoms with E-state index in [1.165, 1.54) is 0 Å². The third-order valence-corrected chi connectivity index (χ3v) is 4.73. The van der Waals surface area contributed by atoms with Crippen LogP contribution in [0.3, 0.4) is 0 Å². The first-order chi connectivity index (χ1) is 9.63. The van der Waals surface area contributed by atoms with E-state index in [0.29, 0.717) is 27.6 Å². The Morgan fingerprint density at radius 3 is 2.52 bits per heavy atom. The molecule has 1 aromatic carbocycles. The van der Waals surface area contributed by atoms with E-state index in [2.05, 4.69) is 5.32 Å². The number of rotatable bonds is 3. The number of amides is 1. The summed E-state index contributed by atoms with van der Waals surface area (Å²) in [6, 6.07) is 5.00. The lowest BCUT2D eigenvalue weighted by atomic mass is 10.0. The molecule has 2 heterocycles. The molecule has 2 fully saturated rings. The number of carbonyl (C=O) groups is 1. The van der Waals surface area contributed by atoms with E-state index in [1.807, 2.05) is 4.90 Å². The summed E-state index contributed by atoms with van der Waals surface area (Å²) >= 11 is 11.7. The van der Waals surface area contributed by atoms with Crippen LogP contribution >= 0.6 is 35.6 Å². The smallest absolute Gasteiger partial charge is 0.260 e. The van der Waals surface area contributed by atoms with Crippen LogP contribution in [0.2, 0.25) is 10.0 Å². The van der Waals surface area contributed by atoms with Gasteiger partial charge in [0.1, 0.15) is 5.75 Å². The minimum atomic E-state index is 0. The van der Waals surface area contributed by atoms with Crippen molar-refractivity contribution in [2.24, 2.45) is 11.8 Å². The molecule has 2 aliphatic rings. The number of hydrogen-bond acceptors (Lipinski definition) is 3. The van der Waals surface area contributed by atoms with E-state index in [0.717, 1.165) is 26.2 Å². The van der Waals surface area contributed by atoms with Crippen LogP contribution in [0.15, 0.2) is 18.2 Å². The van der Waals surface area contributed by atoms with Gasteiger partial charge in [-0.05, 0) is 24.0 Å². The third kappa shape index (κ3) is 3.75. The second-order valence-electron chi connectivity index (χ2n) is 5.34. The molecule has 1 amide bonds. The van der Waals surface area contributed by atoms with Crippen molar-refractivity contribution in [3.8, 4) is 5.75 Å². The molecule has 3 rings (SSSR count).